The summed E-state index contributed by atoms with van der Waals surface area (Å²) in [5, 5.41) is 2.82. The molecule has 1 fully saturated rings. The van der Waals surface area contributed by atoms with E-state index < -0.39 is 10.0 Å². The van der Waals surface area contributed by atoms with Crippen molar-refractivity contribution in [2.75, 3.05) is 30.6 Å². The summed E-state index contributed by atoms with van der Waals surface area (Å²) in [5.74, 6) is 0.279. The third kappa shape index (κ3) is 7.20. The highest BCUT2D eigenvalue weighted by Gasteiger charge is 2.27. The molecular formula is C25H34N2O5S. The molecule has 0 radical (unpaired) electrons. The van der Waals surface area contributed by atoms with Crippen molar-refractivity contribution in [1.29, 1.82) is 0 Å². The van der Waals surface area contributed by atoms with E-state index in [0.717, 1.165) is 22.7 Å². The van der Waals surface area contributed by atoms with Crippen LogP contribution in [0.15, 0.2) is 53.4 Å². The number of amides is 1. The number of nitrogens with zero attached hydrogens (tertiary/aromatic N) is 1. The number of nitrogens with one attached hydrogen (secondary N) is 1. The summed E-state index contributed by atoms with van der Waals surface area (Å²) in [7, 11) is -3.93. The smallest absolute Gasteiger partial charge is 0.264 e. The predicted molar refractivity (Wildman–Crippen MR) is 129 cm³/mol. The molecule has 1 N–H and O–H groups in total. The van der Waals surface area contributed by atoms with E-state index in [4.69, 9.17) is 9.47 Å². The molecule has 1 saturated carbocycles. The minimum absolute atomic E-state index is 0.139. The van der Waals surface area contributed by atoms with Gasteiger partial charge in [0.05, 0.1) is 23.3 Å². The average molecular weight is 475 g/mol. The van der Waals surface area contributed by atoms with Crippen molar-refractivity contribution in [1.82, 2.24) is 5.32 Å². The molecule has 0 bridgehead atoms. The first-order valence-electron chi connectivity index (χ1n) is 11.6. The SMILES string of the molecule is CCOc1ccc(N(CC(=O)NCCCOC2CCCC2)S(=O)(=O)c2ccc(C)cc2)cc1. The Bertz CT molecular complexity index is 984. The van der Waals surface area contributed by atoms with E-state index in [-0.39, 0.29) is 17.3 Å². The molecule has 1 aliphatic rings. The van der Waals surface area contributed by atoms with Gasteiger partial charge in [0.15, 0.2) is 0 Å². The average Bonchev–Trinajstić information content (AvgIpc) is 3.32. The van der Waals surface area contributed by atoms with E-state index in [2.05, 4.69) is 5.32 Å². The van der Waals surface area contributed by atoms with Crippen LogP contribution in [0.3, 0.4) is 0 Å². The van der Waals surface area contributed by atoms with Gasteiger partial charge in [-0.2, -0.15) is 0 Å². The second-order valence-corrected chi connectivity index (χ2v) is 10.1. The molecule has 0 heterocycles. The topological polar surface area (TPSA) is 84.9 Å². The molecule has 3 rings (SSSR count). The van der Waals surface area contributed by atoms with Crippen molar-refractivity contribution in [3.05, 3.63) is 54.1 Å². The van der Waals surface area contributed by atoms with Crippen LogP contribution in [0.25, 0.3) is 0 Å². The summed E-state index contributed by atoms with van der Waals surface area (Å²) in [5.41, 5.74) is 1.36. The maximum absolute atomic E-state index is 13.4. The number of aryl methyl sites for hydroxylation is 1. The number of carbonyl (C=O) groups excluding carboxylic acids is 1. The molecule has 2 aromatic rings. The van der Waals surface area contributed by atoms with Gasteiger partial charge in [0.25, 0.3) is 10.0 Å². The quantitative estimate of drug-likeness (QED) is 0.469. The molecule has 0 aromatic heterocycles. The van der Waals surface area contributed by atoms with E-state index in [0.29, 0.717) is 43.7 Å². The lowest BCUT2D eigenvalue weighted by atomic mass is 10.2. The molecule has 2 aromatic carbocycles. The molecule has 0 saturated heterocycles. The van der Waals surface area contributed by atoms with E-state index in [1.807, 2.05) is 13.8 Å². The maximum atomic E-state index is 13.4. The predicted octanol–water partition coefficient (Wildman–Crippen LogP) is 4.05. The standard InChI is InChI=1S/C25H34N2O5S/c1-3-31-23-13-11-21(12-14-23)27(33(29,30)24-15-9-20(2)10-16-24)19-25(28)26-17-6-18-32-22-7-4-5-8-22/h9-16,22H,3-8,17-19H2,1-2H3,(H,26,28). The zero-order valence-electron chi connectivity index (χ0n) is 19.5. The molecule has 33 heavy (non-hydrogen) atoms. The van der Waals surface area contributed by atoms with Crippen LogP contribution in [0.2, 0.25) is 0 Å². The van der Waals surface area contributed by atoms with Crippen LogP contribution in [0.4, 0.5) is 5.69 Å². The Labute approximate surface area is 197 Å². The molecule has 0 atom stereocenters. The monoisotopic (exact) mass is 474 g/mol. The molecule has 1 amide bonds. The van der Waals surface area contributed by atoms with Gasteiger partial charge in [-0.05, 0) is 69.5 Å². The molecule has 1 aliphatic carbocycles. The number of rotatable bonds is 12. The Morgan fingerprint density at radius 3 is 2.36 bits per heavy atom. The van der Waals surface area contributed by atoms with E-state index in [1.54, 1.807) is 48.5 Å². The highest BCUT2D eigenvalue weighted by atomic mass is 32.2. The molecule has 7 nitrogen and oxygen atoms in total. The van der Waals surface area contributed by atoms with Gasteiger partial charge in [-0.3, -0.25) is 9.10 Å². The Hall–Kier alpha value is -2.58. The molecule has 0 unspecified atom stereocenters. The van der Waals surface area contributed by atoms with Gasteiger partial charge >= 0.3 is 0 Å². The summed E-state index contributed by atoms with van der Waals surface area (Å²) in [6, 6.07) is 13.3. The highest BCUT2D eigenvalue weighted by Crippen LogP contribution is 2.26. The summed E-state index contributed by atoms with van der Waals surface area (Å²) < 4.78 is 39.2. The van der Waals surface area contributed by atoms with Crippen LogP contribution in [0.5, 0.6) is 5.75 Å². The van der Waals surface area contributed by atoms with Crippen LogP contribution in [-0.2, 0) is 19.6 Å². The lowest BCUT2D eigenvalue weighted by molar-refractivity contribution is -0.119. The number of carbonyl (C=O) groups is 1. The van der Waals surface area contributed by atoms with Crippen LogP contribution >= 0.6 is 0 Å². The van der Waals surface area contributed by atoms with Crippen molar-refractivity contribution >= 4 is 21.6 Å². The summed E-state index contributed by atoms with van der Waals surface area (Å²) >= 11 is 0. The third-order valence-electron chi connectivity index (χ3n) is 5.63. The molecule has 180 valence electrons. The first-order chi connectivity index (χ1) is 15.9. The van der Waals surface area contributed by atoms with Crippen LogP contribution < -0.4 is 14.4 Å². The zero-order valence-corrected chi connectivity index (χ0v) is 20.3. The van der Waals surface area contributed by atoms with Gasteiger partial charge in [0.1, 0.15) is 12.3 Å². The third-order valence-corrected chi connectivity index (χ3v) is 7.42. The summed E-state index contributed by atoms with van der Waals surface area (Å²) in [4.78, 5) is 12.8. The van der Waals surface area contributed by atoms with Gasteiger partial charge in [0.2, 0.25) is 5.91 Å². The van der Waals surface area contributed by atoms with Gasteiger partial charge in [-0.25, -0.2) is 8.42 Å². The fourth-order valence-electron chi connectivity index (χ4n) is 3.82. The minimum Gasteiger partial charge on any atom is -0.494 e. The fraction of sp³-hybridized carbons (Fsp3) is 0.480. The van der Waals surface area contributed by atoms with Crippen molar-refractivity contribution in [3.8, 4) is 5.75 Å². The molecule has 8 heteroatoms. The number of hydrogen-bond acceptors (Lipinski definition) is 5. The van der Waals surface area contributed by atoms with Crippen LogP contribution in [0.1, 0.15) is 44.6 Å². The second kappa shape index (κ2) is 12.0. The first kappa shape index (κ1) is 25.1. The second-order valence-electron chi connectivity index (χ2n) is 8.23. The van der Waals surface area contributed by atoms with Gasteiger partial charge in [-0.15, -0.1) is 0 Å². The number of anilines is 1. The number of benzene rings is 2. The van der Waals surface area contributed by atoms with Crippen molar-refractivity contribution in [2.45, 2.75) is 57.0 Å². The largest absolute Gasteiger partial charge is 0.494 e. The molecule has 0 aliphatic heterocycles. The molecular weight excluding hydrogens is 440 g/mol. The lowest BCUT2D eigenvalue weighted by Gasteiger charge is -2.24. The number of sulfonamides is 1. The van der Waals surface area contributed by atoms with Crippen LogP contribution in [-0.4, -0.2) is 46.7 Å². The van der Waals surface area contributed by atoms with Gasteiger partial charge in [-0.1, -0.05) is 30.5 Å². The number of hydrogen-bond donors (Lipinski definition) is 1. The van der Waals surface area contributed by atoms with E-state index in [9.17, 15) is 13.2 Å². The Morgan fingerprint density at radius 1 is 1.06 bits per heavy atom. The van der Waals surface area contributed by atoms with Crippen LogP contribution in [0, 0.1) is 6.92 Å². The first-order valence-corrected chi connectivity index (χ1v) is 13.0. The Balaban J connectivity index is 1.67. The summed E-state index contributed by atoms with van der Waals surface area (Å²) in [6.07, 6.45) is 5.70. The summed E-state index contributed by atoms with van der Waals surface area (Å²) in [6.45, 7) is 5.00. The van der Waals surface area contributed by atoms with Crippen molar-refractivity contribution in [2.24, 2.45) is 0 Å². The highest BCUT2D eigenvalue weighted by molar-refractivity contribution is 7.92. The molecule has 0 spiro atoms. The Kier molecular flexibility index (Phi) is 9.14. The van der Waals surface area contributed by atoms with Gasteiger partial charge in [0, 0.05) is 13.2 Å². The van der Waals surface area contributed by atoms with Crippen molar-refractivity contribution in [3.63, 3.8) is 0 Å². The maximum Gasteiger partial charge on any atom is 0.264 e. The van der Waals surface area contributed by atoms with E-state index in [1.165, 1.54) is 12.8 Å². The minimum atomic E-state index is -3.93. The Morgan fingerprint density at radius 2 is 1.73 bits per heavy atom. The normalized spacial score (nSPS) is 14.2. The van der Waals surface area contributed by atoms with Crippen molar-refractivity contribution < 1.29 is 22.7 Å². The van der Waals surface area contributed by atoms with E-state index >= 15 is 0 Å². The fourth-order valence-corrected chi connectivity index (χ4v) is 5.24. The lowest BCUT2D eigenvalue weighted by Crippen LogP contribution is -2.41. The number of ether oxygens (including phenoxy) is 2. The van der Waals surface area contributed by atoms with Gasteiger partial charge < -0.3 is 14.8 Å². The zero-order chi connectivity index (χ0) is 23.7.